The minimum absolute atomic E-state index is 0.490. The predicted molar refractivity (Wildman–Crippen MR) is 262 cm³/mol. The van der Waals surface area contributed by atoms with Crippen LogP contribution in [0.25, 0.3) is 66.4 Å². The molecule has 1 heterocycles. The maximum Gasteiger partial charge on any atom is 0.136 e. The van der Waals surface area contributed by atoms with E-state index in [-0.39, 0.29) is 0 Å². The maximum atomic E-state index is 6.86. The topological polar surface area (TPSA) is 16.4 Å². The third-order valence-electron chi connectivity index (χ3n) is 13.0. The minimum atomic E-state index is -0.490. The van der Waals surface area contributed by atoms with E-state index in [2.05, 4.69) is 254 Å². The molecule has 2 heteroatoms. The molecule has 0 aliphatic heterocycles. The first kappa shape index (κ1) is 36.6. The molecule has 10 aromatic carbocycles. The van der Waals surface area contributed by atoms with Crippen molar-refractivity contribution in [2.75, 3.05) is 4.90 Å². The second-order valence-corrected chi connectivity index (χ2v) is 16.4. The molecule has 0 unspecified atom stereocenters. The standard InChI is InChI=1S/C61H41NO/c1-5-16-42(17-6-1)44-28-34-49(35-29-44)62(50-36-30-45(31-37-50)43-18-7-2-8-19-43)51-38-32-46(33-39-51)52-25-15-27-58-60(52)55-40-54-53-24-13-14-26-56(53)61(47-20-9-3-10-21-47,48-22-11-4-12-23-48)57(54)41-59(55)63-58/h1-41H. The molecule has 1 aromatic heterocycles. The molecule has 0 saturated heterocycles. The zero-order chi connectivity index (χ0) is 41.7. The van der Waals surface area contributed by atoms with Crippen LogP contribution in [0.1, 0.15) is 22.3 Å². The van der Waals surface area contributed by atoms with Crippen molar-refractivity contribution in [1.29, 1.82) is 0 Å². The smallest absolute Gasteiger partial charge is 0.136 e. The molecule has 0 bridgehead atoms. The number of hydrogen-bond acceptors (Lipinski definition) is 2. The zero-order valence-corrected chi connectivity index (χ0v) is 34.5. The summed E-state index contributed by atoms with van der Waals surface area (Å²) >= 11 is 0. The van der Waals surface area contributed by atoms with Crippen LogP contribution >= 0.6 is 0 Å². The van der Waals surface area contributed by atoms with Gasteiger partial charge in [-0.1, -0.05) is 194 Å². The largest absolute Gasteiger partial charge is 0.456 e. The van der Waals surface area contributed by atoms with Gasteiger partial charge in [-0.15, -0.1) is 0 Å². The molecule has 0 spiro atoms. The summed E-state index contributed by atoms with van der Waals surface area (Å²) in [5, 5.41) is 2.25. The Bertz CT molecular complexity index is 3270. The highest BCUT2D eigenvalue weighted by atomic mass is 16.3. The van der Waals surface area contributed by atoms with Gasteiger partial charge in [0.1, 0.15) is 11.2 Å². The van der Waals surface area contributed by atoms with Crippen molar-refractivity contribution in [3.63, 3.8) is 0 Å². The van der Waals surface area contributed by atoms with Crippen LogP contribution in [0.5, 0.6) is 0 Å². The molecule has 12 rings (SSSR count). The Morgan fingerprint density at radius 3 is 1.29 bits per heavy atom. The molecule has 1 aliphatic rings. The van der Waals surface area contributed by atoms with E-state index in [4.69, 9.17) is 4.42 Å². The molecule has 1 aliphatic carbocycles. The number of nitrogens with zero attached hydrogens (tertiary/aromatic N) is 1. The normalized spacial score (nSPS) is 12.6. The quantitative estimate of drug-likeness (QED) is 0.152. The molecule has 63 heavy (non-hydrogen) atoms. The molecule has 11 aromatic rings. The fourth-order valence-electron chi connectivity index (χ4n) is 10.1. The number of fused-ring (bicyclic) bond motifs is 6. The molecule has 0 atom stereocenters. The lowest BCUT2D eigenvalue weighted by Crippen LogP contribution is -2.28. The van der Waals surface area contributed by atoms with Gasteiger partial charge in [-0.05, 0) is 121 Å². The van der Waals surface area contributed by atoms with Crippen LogP contribution in [0, 0.1) is 0 Å². The highest BCUT2D eigenvalue weighted by Crippen LogP contribution is 2.57. The van der Waals surface area contributed by atoms with E-state index in [0.717, 1.165) is 50.1 Å². The van der Waals surface area contributed by atoms with Crippen molar-refractivity contribution in [1.82, 2.24) is 0 Å². The zero-order valence-electron chi connectivity index (χ0n) is 34.5. The average molecular weight is 804 g/mol. The van der Waals surface area contributed by atoms with E-state index < -0.39 is 5.41 Å². The van der Waals surface area contributed by atoms with E-state index in [1.165, 1.54) is 55.6 Å². The summed E-state index contributed by atoms with van der Waals surface area (Å²) in [6.07, 6.45) is 0. The number of anilines is 3. The van der Waals surface area contributed by atoms with Crippen molar-refractivity contribution >= 4 is 39.0 Å². The summed E-state index contributed by atoms with van der Waals surface area (Å²) in [6, 6.07) is 89.8. The fraction of sp³-hybridized carbons (Fsp3) is 0.0164. The second-order valence-electron chi connectivity index (χ2n) is 16.4. The Kier molecular flexibility index (Phi) is 8.76. The van der Waals surface area contributed by atoms with E-state index in [0.29, 0.717) is 0 Å². The van der Waals surface area contributed by atoms with Gasteiger partial charge in [0.05, 0.1) is 5.41 Å². The molecule has 0 radical (unpaired) electrons. The summed E-state index contributed by atoms with van der Waals surface area (Å²) in [7, 11) is 0. The van der Waals surface area contributed by atoms with Crippen LogP contribution in [-0.4, -0.2) is 0 Å². The van der Waals surface area contributed by atoms with Crippen molar-refractivity contribution in [2.45, 2.75) is 5.41 Å². The van der Waals surface area contributed by atoms with Gasteiger partial charge in [-0.3, -0.25) is 0 Å². The van der Waals surface area contributed by atoms with Gasteiger partial charge >= 0.3 is 0 Å². The predicted octanol–water partition coefficient (Wildman–Crippen LogP) is 16.4. The van der Waals surface area contributed by atoms with Crippen LogP contribution < -0.4 is 4.90 Å². The fourth-order valence-corrected chi connectivity index (χ4v) is 10.1. The Morgan fingerprint density at radius 2 is 0.746 bits per heavy atom. The molecular formula is C61H41NO. The van der Waals surface area contributed by atoms with Crippen molar-refractivity contribution in [3.8, 4) is 44.5 Å². The molecular weight excluding hydrogens is 763 g/mol. The highest BCUT2D eigenvalue weighted by Gasteiger charge is 2.46. The molecule has 296 valence electrons. The minimum Gasteiger partial charge on any atom is -0.456 e. The van der Waals surface area contributed by atoms with E-state index in [9.17, 15) is 0 Å². The number of benzene rings is 10. The van der Waals surface area contributed by atoms with Gasteiger partial charge in [0, 0.05) is 27.8 Å². The lowest BCUT2D eigenvalue weighted by atomic mass is 9.67. The summed E-state index contributed by atoms with van der Waals surface area (Å²) in [5.41, 5.74) is 19.1. The lowest BCUT2D eigenvalue weighted by Gasteiger charge is -2.33. The van der Waals surface area contributed by atoms with Crippen molar-refractivity contribution in [3.05, 3.63) is 271 Å². The maximum absolute atomic E-state index is 6.86. The Balaban J connectivity index is 0.980. The lowest BCUT2D eigenvalue weighted by molar-refractivity contribution is 0.666. The average Bonchev–Trinajstić information content (AvgIpc) is 3.88. The number of rotatable bonds is 8. The van der Waals surface area contributed by atoms with Gasteiger partial charge in [-0.25, -0.2) is 0 Å². The third kappa shape index (κ3) is 6.02. The molecule has 0 saturated carbocycles. The SMILES string of the molecule is c1ccc(-c2ccc(N(c3ccc(-c4ccccc4)cc3)c3ccc(-c4cccc5oc6cc7c(cc6c45)-c4ccccc4C7(c4ccccc4)c4ccccc4)cc3)cc2)cc1. The van der Waals surface area contributed by atoms with Crippen LogP contribution in [0.4, 0.5) is 17.1 Å². The van der Waals surface area contributed by atoms with Crippen molar-refractivity contribution in [2.24, 2.45) is 0 Å². The Hall–Kier alpha value is -8.20. The first-order chi connectivity index (χ1) is 31.2. The first-order valence-electron chi connectivity index (χ1n) is 21.7. The Labute approximate surface area is 367 Å². The van der Waals surface area contributed by atoms with Crippen LogP contribution in [0.2, 0.25) is 0 Å². The van der Waals surface area contributed by atoms with Crippen LogP contribution in [0.3, 0.4) is 0 Å². The van der Waals surface area contributed by atoms with E-state index in [1.807, 2.05) is 0 Å². The Morgan fingerprint density at radius 1 is 0.302 bits per heavy atom. The first-order valence-corrected chi connectivity index (χ1v) is 21.7. The van der Waals surface area contributed by atoms with E-state index in [1.54, 1.807) is 0 Å². The van der Waals surface area contributed by atoms with Gasteiger partial charge in [-0.2, -0.15) is 0 Å². The van der Waals surface area contributed by atoms with Gasteiger partial charge in [0.2, 0.25) is 0 Å². The molecule has 2 nitrogen and oxygen atoms in total. The summed E-state index contributed by atoms with van der Waals surface area (Å²) in [5.74, 6) is 0. The molecule has 0 amide bonds. The van der Waals surface area contributed by atoms with Gasteiger partial charge in [0.15, 0.2) is 0 Å². The molecule has 0 fully saturated rings. The summed E-state index contributed by atoms with van der Waals surface area (Å²) in [6.45, 7) is 0. The monoisotopic (exact) mass is 803 g/mol. The van der Waals surface area contributed by atoms with Crippen LogP contribution in [-0.2, 0) is 5.41 Å². The van der Waals surface area contributed by atoms with Crippen molar-refractivity contribution < 1.29 is 4.42 Å². The number of hydrogen-bond donors (Lipinski definition) is 0. The van der Waals surface area contributed by atoms with Crippen LogP contribution in [0.15, 0.2) is 253 Å². The van der Waals surface area contributed by atoms with Gasteiger partial charge in [0.25, 0.3) is 0 Å². The second kappa shape index (κ2) is 15.1. The molecule has 0 N–H and O–H groups in total. The van der Waals surface area contributed by atoms with Gasteiger partial charge < -0.3 is 9.32 Å². The third-order valence-corrected chi connectivity index (χ3v) is 13.0. The number of furan rings is 1. The van der Waals surface area contributed by atoms with E-state index >= 15 is 0 Å². The summed E-state index contributed by atoms with van der Waals surface area (Å²) in [4.78, 5) is 2.34. The summed E-state index contributed by atoms with van der Waals surface area (Å²) < 4.78 is 6.86. The highest BCUT2D eigenvalue weighted by molar-refractivity contribution is 6.14.